The second-order valence-corrected chi connectivity index (χ2v) is 6.61. The number of oxime groups is 1. The van der Waals surface area contributed by atoms with Crippen molar-refractivity contribution in [1.82, 2.24) is 4.90 Å². The first-order chi connectivity index (χ1) is 11.0. The normalized spacial score (nSPS) is 21.8. The largest absolute Gasteiger partial charge is 0.384 e. The standard InChI is InChI=1S/C17H24ClN3O2/c1-12-3-9-15(10-4-12)21(2)16(22)11-23-20-17(19)13-5-7-14(18)8-6-13/h5-8,12,15H,3-4,9-11H2,1-2H3,(H2,19,20). The summed E-state index contributed by atoms with van der Waals surface area (Å²) in [4.78, 5) is 19.1. The number of benzene rings is 1. The lowest BCUT2D eigenvalue weighted by molar-refractivity contribution is -0.137. The number of halogens is 1. The van der Waals surface area contributed by atoms with E-state index < -0.39 is 0 Å². The SMILES string of the molecule is CC1CCC(N(C)C(=O)CON=C(N)c2ccc(Cl)cc2)CC1. The van der Waals surface area contributed by atoms with E-state index in [2.05, 4.69) is 12.1 Å². The van der Waals surface area contributed by atoms with Crippen LogP contribution in [0.5, 0.6) is 0 Å². The van der Waals surface area contributed by atoms with Crippen LogP contribution in [-0.4, -0.2) is 36.3 Å². The van der Waals surface area contributed by atoms with E-state index in [4.69, 9.17) is 22.2 Å². The van der Waals surface area contributed by atoms with Crippen molar-refractivity contribution in [2.24, 2.45) is 16.8 Å². The summed E-state index contributed by atoms with van der Waals surface area (Å²) in [5, 5.41) is 4.43. The molecule has 1 amide bonds. The van der Waals surface area contributed by atoms with Crippen molar-refractivity contribution in [3.05, 3.63) is 34.9 Å². The minimum atomic E-state index is -0.100. The van der Waals surface area contributed by atoms with Gasteiger partial charge in [-0.05, 0) is 55.9 Å². The zero-order chi connectivity index (χ0) is 16.8. The topological polar surface area (TPSA) is 67.9 Å². The molecule has 0 saturated heterocycles. The first-order valence-corrected chi connectivity index (χ1v) is 8.32. The zero-order valence-electron chi connectivity index (χ0n) is 13.7. The maximum Gasteiger partial charge on any atom is 0.263 e. The quantitative estimate of drug-likeness (QED) is 0.510. The number of carbonyl (C=O) groups excluding carboxylic acids is 1. The van der Waals surface area contributed by atoms with Gasteiger partial charge in [-0.25, -0.2) is 0 Å². The van der Waals surface area contributed by atoms with E-state index in [1.165, 1.54) is 12.8 Å². The molecule has 23 heavy (non-hydrogen) atoms. The fourth-order valence-electron chi connectivity index (χ4n) is 2.77. The second kappa shape index (κ2) is 8.20. The van der Waals surface area contributed by atoms with Gasteiger partial charge < -0.3 is 15.5 Å². The Morgan fingerprint density at radius 1 is 1.30 bits per heavy atom. The second-order valence-electron chi connectivity index (χ2n) is 6.18. The number of carbonyl (C=O) groups is 1. The number of hydrogen-bond donors (Lipinski definition) is 1. The van der Waals surface area contributed by atoms with Gasteiger partial charge in [-0.3, -0.25) is 4.79 Å². The number of amidine groups is 1. The van der Waals surface area contributed by atoms with E-state index in [1.54, 1.807) is 29.2 Å². The highest BCUT2D eigenvalue weighted by atomic mass is 35.5. The fraction of sp³-hybridized carbons (Fsp3) is 0.529. The van der Waals surface area contributed by atoms with Gasteiger partial charge >= 0.3 is 0 Å². The van der Waals surface area contributed by atoms with Crippen LogP contribution in [0.15, 0.2) is 29.4 Å². The van der Waals surface area contributed by atoms with Crippen LogP contribution < -0.4 is 5.73 Å². The van der Waals surface area contributed by atoms with E-state index in [9.17, 15) is 4.79 Å². The van der Waals surface area contributed by atoms with Gasteiger partial charge in [0.05, 0.1) is 0 Å². The van der Waals surface area contributed by atoms with E-state index in [1.807, 2.05) is 7.05 Å². The molecule has 1 aliphatic carbocycles. The summed E-state index contributed by atoms with van der Waals surface area (Å²) in [6, 6.07) is 7.26. The maximum atomic E-state index is 12.2. The molecule has 5 nitrogen and oxygen atoms in total. The van der Waals surface area contributed by atoms with Crippen LogP contribution in [0.1, 0.15) is 38.2 Å². The number of hydrogen-bond acceptors (Lipinski definition) is 3. The van der Waals surface area contributed by atoms with Gasteiger partial charge in [-0.1, -0.05) is 23.7 Å². The van der Waals surface area contributed by atoms with Crippen LogP contribution in [0.4, 0.5) is 0 Å². The summed E-state index contributed by atoms with van der Waals surface area (Å²) in [6.45, 7) is 2.16. The molecular formula is C17H24ClN3O2. The Kier molecular flexibility index (Phi) is 6.28. The highest BCUT2D eigenvalue weighted by Gasteiger charge is 2.24. The van der Waals surface area contributed by atoms with Gasteiger partial charge in [0.2, 0.25) is 0 Å². The van der Waals surface area contributed by atoms with Crippen LogP contribution in [0.25, 0.3) is 0 Å². The molecule has 1 aromatic carbocycles. The fourth-order valence-corrected chi connectivity index (χ4v) is 2.89. The Bertz CT molecular complexity index is 551. The molecule has 0 heterocycles. The first-order valence-electron chi connectivity index (χ1n) is 7.94. The molecule has 0 bridgehead atoms. The van der Waals surface area contributed by atoms with Crippen molar-refractivity contribution in [2.45, 2.75) is 38.6 Å². The molecule has 1 fully saturated rings. The van der Waals surface area contributed by atoms with Gasteiger partial charge in [0.25, 0.3) is 5.91 Å². The Balaban J connectivity index is 1.81. The number of nitrogens with zero attached hydrogens (tertiary/aromatic N) is 2. The molecule has 126 valence electrons. The number of amides is 1. The molecule has 0 atom stereocenters. The molecule has 1 aromatic rings. The molecule has 0 radical (unpaired) electrons. The molecule has 2 rings (SSSR count). The summed E-state index contributed by atoms with van der Waals surface area (Å²) >= 11 is 5.82. The van der Waals surface area contributed by atoms with Gasteiger partial charge in [0, 0.05) is 23.7 Å². The zero-order valence-corrected chi connectivity index (χ0v) is 14.4. The van der Waals surface area contributed by atoms with Gasteiger partial charge in [-0.2, -0.15) is 0 Å². The van der Waals surface area contributed by atoms with Crippen LogP contribution in [-0.2, 0) is 9.63 Å². The molecule has 0 unspecified atom stereocenters. The summed E-state index contributed by atoms with van der Waals surface area (Å²) in [6.07, 6.45) is 4.45. The van der Waals surface area contributed by atoms with Gasteiger partial charge in [0.15, 0.2) is 12.4 Å². The van der Waals surface area contributed by atoms with Crippen LogP contribution in [0.2, 0.25) is 5.02 Å². The molecule has 0 aliphatic heterocycles. The smallest absolute Gasteiger partial charge is 0.263 e. The van der Waals surface area contributed by atoms with Crippen molar-refractivity contribution in [1.29, 1.82) is 0 Å². The van der Waals surface area contributed by atoms with Crippen LogP contribution in [0, 0.1) is 5.92 Å². The lowest BCUT2D eigenvalue weighted by Gasteiger charge is -2.33. The Labute approximate surface area is 142 Å². The van der Waals surface area contributed by atoms with Crippen molar-refractivity contribution >= 4 is 23.3 Å². The minimum absolute atomic E-state index is 0.0720. The highest BCUT2D eigenvalue weighted by Crippen LogP contribution is 2.26. The van der Waals surface area contributed by atoms with Crippen LogP contribution >= 0.6 is 11.6 Å². The third kappa shape index (κ3) is 5.13. The first kappa shape index (κ1) is 17.6. The Morgan fingerprint density at radius 2 is 1.91 bits per heavy atom. The van der Waals surface area contributed by atoms with Crippen molar-refractivity contribution in [3.8, 4) is 0 Å². The molecule has 0 spiro atoms. The third-order valence-electron chi connectivity index (χ3n) is 4.42. The van der Waals surface area contributed by atoms with Gasteiger partial charge in [0.1, 0.15) is 0 Å². The third-order valence-corrected chi connectivity index (χ3v) is 4.67. The maximum absolute atomic E-state index is 12.2. The Hall–Kier alpha value is -1.75. The van der Waals surface area contributed by atoms with Crippen molar-refractivity contribution in [3.63, 3.8) is 0 Å². The number of nitrogens with two attached hydrogens (primary N) is 1. The molecular weight excluding hydrogens is 314 g/mol. The molecule has 1 aliphatic rings. The minimum Gasteiger partial charge on any atom is -0.384 e. The molecule has 2 N–H and O–H groups in total. The van der Waals surface area contributed by atoms with Crippen molar-refractivity contribution in [2.75, 3.05) is 13.7 Å². The lowest BCUT2D eigenvalue weighted by Crippen LogP contribution is -2.41. The predicted octanol–water partition coefficient (Wildman–Crippen LogP) is 3.01. The summed E-state index contributed by atoms with van der Waals surface area (Å²) < 4.78 is 0. The van der Waals surface area contributed by atoms with E-state index in [0.717, 1.165) is 18.8 Å². The number of likely N-dealkylation sites (N-methyl/N-ethyl adjacent to an activating group) is 1. The molecule has 0 aromatic heterocycles. The Morgan fingerprint density at radius 3 is 2.52 bits per heavy atom. The van der Waals surface area contributed by atoms with Gasteiger partial charge in [-0.15, -0.1) is 0 Å². The van der Waals surface area contributed by atoms with E-state index >= 15 is 0 Å². The van der Waals surface area contributed by atoms with Crippen molar-refractivity contribution < 1.29 is 9.63 Å². The highest BCUT2D eigenvalue weighted by molar-refractivity contribution is 6.30. The monoisotopic (exact) mass is 337 g/mol. The average molecular weight is 338 g/mol. The number of rotatable bonds is 5. The average Bonchev–Trinajstić information content (AvgIpc) is 2.55. The summed E-state index contributed by atoms with van der Waals surface area (Å²) in [7, 11) is 1.83. The van der Waals surface area contributed by atoms with E-state index in [-0.39, 0.29) is 18.3 Å². The lowest BCUT2D eigenvalue weighted by atomic mass is 9.87. The molecule has 1 saturated carbocycles. The molecule has 6 heteroatoms. The summed E-state index contributed by atoms with van der Waals surface area (Å²) in [5.41, 5.74) is 6.53. The summed E-state index contributed by atoms with van der Waals surface area (Å²) in [5.74, 6) is 0.913. The van der Waals surface area contributed by atoms with E-state index in [0.29, 0.717) is 16.6 Å². The predicted molar refractivity (Wildman–Crippen MR) is 92.3 cm³/mol. The van der Waals surface area contributed by atoms with Crippen LogP contribution in [0.3, 0.4) is 0 Å².